The van der Waals surface area contributed by atoms with Gasteiger partial charge in [0.1, 0.15) is 22.9 Å². The lowest BCUT2D eigenvalue weighted by atomic mass is 9.96. The third-order valence-electron chi connectivity index (χ3n) is 5.29. The average molecular weight is 491 g/mol. The topological polar surface area (TPSA) is 117 Å². The molecule has 0 fully saturated rings. The molecule has 0 aliphatic carbocycles. The van der Waals surface area contributed by atoms with E-state index in [-0.39, 0.29) is 17.8 Å². The molecule has 35 heavy (non-hydrogen) atoms. The van der Waals surface area contributed by atoms with Gasteiger partial charge in [0.05, 0.1) is 12.9 Å². The van der Waals surface area contributed by atoms with Crippen molar-refractivity contribution in [3.63, 3.8) is 0 Å². The van der Waals surface area contributed by atoms with E-state index in [2.05, 4.69) is 27.2 Å². The molecule has 8 nitrogen and oxygen atoms in total. The van der Waals surface area contributed by atoms with Gasteiger partial charge in [0.25, 0.3) is 6.02 Å². The third-order valence-corrected chi connectivity index (χ3v) is 5.29. The molecule has 0 saturated heterocycles. The van der Waals surface area contributed by atoms with Crippen LogP contribution in [0.5, 0.6) is 5.75 Å². The maximum atomic E-state index is 14.5. The first-order valence-electron chi connectivity index (χ1n) is 11.9. The predicted octanol–water partition coefficient (Wildman–Crippen LogP) is 4.58. The van der Waals surface area contributed by atoms with Crippen LogP contribution in [0.25, 0.3) is 0 Å². The molecule has 1 aliphatic rings. The van der Waals surface area contributed by atoms with E-state index in [4.69, 9.17) is 20.6 Å². The molecule has 0 amide bonds. The highest BCUT2D eigenvalue weighted by molar-refractivity contribution is 5.99. The number of nitrogens with one attached hydrogen (secondary N) is 2. The molecule has 1 aliphatic heterocycles. The summed E-state index contributed by atoms with van der Waals surface area (Å²) in [6.07, 6.45) is 9.89. The van der Waals surface area contributed by atoms with Gasteiger partial charge in [0.15, 0.2) is 0 Å². The summed E-state index contributed by atoms with van der Waals surface area (Å²) in [5.41, 5.74) is 6.04. The number of ether oxygens (including phenoxy) is 2. The first-order chi connectivity index (χ1) is 16.8. The van der Waals surface area contributed by atoms with Crippen molar-refractivity contribution in [2.75, 3.05) is 19.7 Å². The van der Waals surface area contributed by atoms with E-state index in [9.17, 15) is 8.78 Å². The van der Waals surface area contributed by atoms with Gasteiger partial charge in [-0.2, -0.15) is 0 Å². The first kappa shape index (κ1) is 27.9. The zero-order chi connectivity index (χ0) is 25.6. The molecular formula is C25H36F2N6O2. The summed E-state index contributed by atoms with van der Waals surface area (Å²) in [4.78, 5) is 12.8. The van der Waals surface area contributed by atoms with E-state index in [1.807, 2.05) is 12.4 Å². The molecular weight excluding hydrogens is 454 g/mol. The molecule has 2 rings (SSSR count). The summed E-state index contributed by atoms with van der Waals surface area (Å²) in [5, 5.41) is 10.9. The fourth-order valence-corrected chi connectivity index (χ4v) is 3.47. The Morgan fingerprint density at radius 1 is 1.23 bits per heavy atom. The molecule has 1 aromatic rings. The van der Waals surface area contributed by atoms with Crippen LogP contribution in [0.3, 0.4) is 0 Å². The number of aliphatic imine (C=N–C) groups is 3. The van der Waals surface area contributed by atoms with Crippen molar-refractivity contribution >= 4 is 24.5 Å². The van der Waals surface area contributed by atoms with Gasteiger partial charge in [-0.3, -0.25) is 15.4 Å². The summed E-state index contributed by atoms with van der Waals surface area (Å²) < 4.78 is 39.5. The van der Waals surface area contributed by atoms with Crippen LogP contribution in [0.2, 0.25) is 0 Å². The summed E-state index contributed by atoms with van der Waals surface area (Å²) in [6.45, 7) is 7.37. The van der Waals surface area contributed by atoms with Gasteiger partial charge in [0, 0.05) is 43.7 Å². The highest BCUT2D eigenvalue weighted by Gasteiger charge is 2.19. The fraction of sp³-hybridized carbons (Fsp3) is 0.520. The van der Waals surface area contributed by atoms with Crippen LogP contribution in [-0.4, -0.2) is 50.2 Å². The minimum absolute atomic E-state index is 0.0539. The molecule has 0 spiro atoms. The second-order valence-corrected chi connectivity index (χ2v) is 8.50. The van der Waals surface area contributed by atoms with Crippen LogP contribution in [0.15, 0.2) is 38.9 Å². The zero-order valence-electron chi connectivity index (χ0n) is 20.7. The number of rotatable bonds is 8. The van der Waals surface area contributed by atoms with Crippen molar-refractivity contribution < 1.29 is 18.3 Å². The number of amidine groups is 1. The lowest BCUT2D eigenvalue weighted by Gasteiger charge is -2.16. The van der Waals surface area contributed by atoms with E-state index in [1.165, 1.54) is 0 Å². The molecule has 10 heteroatoms. The zero-order valence-corrected chi connectivity index (χ0v) is 20.7. The van der Waals surface area contributed by atoms with Crippen molar-refractivity contribution in [3.05, 3.63) is 41.1 Å². The Labute approximate surface area is 205 Å². The summed E-state index contributed by atoms with van der Waals surface area (Å²) >= 11 is 0. The van der Waals surface area contributed by atoms with Gasteiger partial charge in [-0.05, 0) is 57.4 Å². The van der Waals surface area contributed by atoms with Crippen molar-refractivity contribution in [2.45, 2.75) is 58.9 Å². The van der Waals surface area contributed by atoms with Crippen LogP contribution < -0.4 is 15.8 Å². The minimum atomic E-state index is -0.966. The Kier molecular flexibility index (Phi) is 11.9. The van der Waals surface area contributed by atoms with Crippen LogP contribution >= 0.6 is 0 Å². The number of benzene rings is 1. The maximum absolute atomic E-state index is 14.5. The lowest BCUT2D eigenvalue weighted by molar-refractivity contribution is 0.284. The van der Waals surface area contributed by atoms with Gasteiger partial charge in [-0.1, -0.05) is 6.92 Å². The second-order valence-electron chi connectivity index (χ2n) is 8.50. The first-order valence-corrected chi connectivity index (χ1v) is 11.9. The van der Waals surface area contributed by atoms with Crippen LogP contribution in [0, 0.1) is 23.0 Å². The van der Waals surface area contributed by atoms with Crippen LogP contribution in [-0.2, 0) is 4.74 Å². The highest BCUT2D eigenvalue weighted by Crippen LogP contribution is 2.23. The molecule has 0 aromatic heterocycles. The molecule has 4 N–H and O–H groups in total. The van der Waals surface area contributed by atoms with Crippen molar-refractivity contribution in [3.8, 4) is 5.75 Å². The van der Waals surface area contributed by atoms with Crippen LogP contribution in [0.1, 0.15) is 58.4 Å². The lowest BCUT2D eigenvalue weighted by Crippen LogP contribution is -2.23. The molecule has 0 radical (unpaired) electrons. The van der Waals surface area contributed by atoms with Gasteiger partial charge in [-0.15, -0.1) is 0 Å². The van der Waals surface area contributed by atoms with Crippen molar-refractivity contribution in [1.82, 2.24) is 5.32 Å². The second kappa shape index (κ2) is 14.9. The molecule has 1 atom stereocenters. The van der Waals surface area contributed by atoms with Gasteiger partial charge in [0.2, 0.25) is 5.90 Å². The fourth-order valence-electron chi connectivity index (χ4n) is 3.47. The molecule has 0 saturated carbocycles. The normalized spacial score (nSPS) is 17.3. The third kappa shape index (κ3) is 10.2. The molecule has 1 unspecified atom stereocenters. The number of allylic oxidation sites excluding steroid dienone is 1. The smallest absolute Gasteiger partial charge is 0.289 e. The average Bonchev–Trinajstić information content (AvgIpc) is 2.77. The maximum Gasteiger partial charge on any atom is 0.289 e. The number of halogens is 2. The highest BCUT2D eigenvalue weighted by atomic mass is 19.1. The van der Waals surface area contributed by atoms with E-state index in [0.29, 0.717) is 12.5 Å². The number of nitrogens with zero attached hydrogens (tertiary/aromatic N) is 3. The standard InChI is InChI=1S/C25H36F2N6O2/c1-4-18-14-30-9-7-19(8-10-31-16-32-15-18)6-5-11-34-20-12-21(26)23(22(27)13-20)24(28)35-25(29)33-17(2)3/h12-17,19,28H,4-11H2,1-3H3,(H2,29,33)(H,31,32). The summed E-state index contributed by atoms with van der Waals surface area (Å²) in [6, 6.07) is 1.57. The predicted molar refractivity (Wildman–Crippen MR) is 137 cm³/mol. The number of hydrogen-bond donors (Lipinski definition) is 3. The Bertz CT molecular complexity index is 936. The SMILES string of the molecule is CCC1=CNC=NCCC(CCCOc2cc(F)c(C(=N)OC(N)=NC(C)C)c(F)c2)CCN=C1. The quantitative estimate of drug-likeness (QED) is 0.281. The Balaban J connectivity index is 1.88. The summed E-state index contributed by atoms with van der Waals surface area (Å²) in [5.74, 6) is -2.21. The van der Waals surface area contributed by atoms with Gasteiger partial charge >= 0.3 is 0 Å². The summed E-state index contributed by atoms with van der Waals surface area (Å²) in [7, 11) is 0. The molecule has 192 valence electrons. The van der Waals surface area contributed by atoms with Gasteiger partial charge < -0.3 is 20.5 Å². The van der Waals surface area contributed by atoms with E-state index >= 15 is 0 Å². The van der Waals surface area contributed by atoms with Crippen LogP contribution in [0.4, 0.5) is 8.78 Å². The minimum Gasteiger partial charge on any atom is -0.493 e. The van der Waals surface area contributed by atoms with E-state index in [1.54, 1.807) is 20.2 Å². The largest absolute Gasteiger partial charge is 0.493 e. The van der Waals surface area contributed by atoms with E-state index in [0.717, 1.165) is 62.9 Å². The Hall–Kier alpha value is -3.30. The number of nitrogens with two attached hydrogens (primary N) is 1. The monoisotopic (exact) mass is 490 g/mol. The Morgan fingerprint density at radius 3 is 2.57 bits per heavy atom. The molecule has 1 aromatic carbocycles. The van der Waals surface area contributed by atoms with Crippen molar-refractivity contribution in [2.24, 2.45) is 26.6 Å². The van der Waals surface area contributed by atoms with Gasteiger partial charge in [-0.25, -0.2) is 13.8 Å². The molecule has 1 heterocycles. The molecule has 0 bridgehead atoms. The Morgan fingerprint density at radius 2 is 1.91 bits per heavy atom. The van der Waals surface area contributed by atoms with E-state index < -0.39 is 23.1 Å². The number of hydrogen-bond acceptors (Lipinski definition) is 7. The van der Waals surface area contributed by atoms with Crippen molar-refractivity contribution in [1.29, 1.82) is 5.41 Å².